The summed E-state index contributed by atoms with van der Waals surface area (Å²) >= 11 is 0. The van der Waals surface area contributed by atoms with E-state index >= 15 is 0 Å². The van der Waals surface area contributed by atoms with Crippen LogP contribution in [-0.2, 0) is 14.6 Å². The van der Waals surface area contributed by atoms with E-state index in [-0.39, 0.29) is 17.4 Å². The van der Waals surface area contributed by atoms with Gasteiger partial charge in [-0.2, -0.15) is 4.98 Å². The standard InChI is InChI=1S/C20H23N3O5S/c1-14(9-11-29(2,25)26)22-19(24)17-12-21-18(15-8-10-27-13-15)23-20(17)28-16-6-4-3-5-7-16/h3-7,9,11-12,14-15H,8,10,13H2,1-2H3,(H,22,24)/b11-9+. The van der Waals surface area contributed by atoms with Gasteiger partial charge in [0.1, 0.15) is 17.1 Å². The van der Waals surface area contributed by atoms with Gasteiger partial charge < -0.3 is 14.8 Å². The average Bonchev–Trinajstić information content (AvgIpc) is 3.21. The summed E-state index contributed by atoms with van der Waals surface area (Å²) in [5.41, 5.74) is 0.163. The highest BCUT2D eigenvalue weighted by Gasteiger charge is 2.24. The van der Waals surface area contributed by atoms with Crippen LogP contribution in [0.2, 0.25) is 0 Å². The zero-order valence-electron chi connectivity index (χ0n) is 16.2. The maximum absolute atomic E-state index is 12.7. The van der Waals surface area contributed by atoms with E-state index in [0.29, 0.717) is 24.8 Å². The lowest BCUT2D eigenvalue weighted by molar-refractivity contribution is 0.0943. The van der Waals surface area contributed by atoms with E-state index in [4.69, 9.17) is 9.47 Å². The van der Waals surface area contributed by atoms with Crippen molar-refractivity contribution in [2.75, 3.05) is 19.5 Å². The van der Waals surface area contributed by atoms with Crippen molar-refractivity contribution in [3.05, 3.63) is 59.4 Å². The molecule has 154 valence electrons. The lowest BCUT2D eigenvalue weighted by Gasteiger charge is -2.15. The molecule has 0 saturated carbocycles. The minimum Gasteiger partial charge on any atom is -0.438 e. The molecule has 1 aromatic heterocycles. The van der Waals surface area contributed by atoms with Crippen molar-refractivity contribution in [2.45, 2.75) is 25.3 Å². The molecule has 0 spiro atoms. The monoisotopic (exact) mass is 417 g/mol. The van der Waals surface area contributed by atoms with Crippen molar-refractivity contribution in [3.8, 4) is 11.6 Å². The number of nitrogens with zero attached hydrogens (tertiary/aromatic N) is 2. The van der Waals surface area contributed by atoms with Crippen LogP contribution in [0.3, 0.4) is 0 Å². The third-order valence-corrected chi connectivity index (χ3v) is 4.89. The summed E-state index contributed by atoms with van der Waals surface area (Å²) in [5, 5.41) is 3.76. The summed E-state index contributed by atoms with van der Waals surface area (Å²) in [5.74, 6) is 0.844. The van der Waals surface area contributed by atoms with Gasteiger partial charge in [0.05, 0.1) is 6.61 Å². The summed E-state index contributed by atoms with van der Waals surface area (Å²) in [4.78, 5) is 21.6. The quantitative estimate of drug-likeness (QED) is 0.737. The molecule has 29 heavy (non-hydrogen) atoms. The molecule has 1 N–H and O–H groups in total. The van der Waals surface area contributed by atoms with Gasteiger partial charge in [-0.25, -0.2) is 13.4 Å². The Morgan fingerprint density at radius 3 is 2.76 bits per heavy atom. The first-order chi connectivity index (χ1) is 13.8. The molecule has 3 rings (SSSR count). The van der Waals surface area contributed by atoms with Crippen LogP contribution in [0, 0.1) is 0 Å². The first-order valence-electron chi connectivity index (χ1n) is 9.18. The maximum Gasteiger partial charge on any atom is 0.258 e. The normalized spacial score (nSPS) is 17.9. The van der Waals surface area contributed by atoms with Crippen LogP contribution in [-0.4, -0.2) is 49.8 Å². The zero-order valence-corrected chi connectivity index (χ0v) is 17.1. The number of carbonyl (C=O) groups is 1. The SMILES string of the molecule is CC(/C=C/S(C)(=O)=O)NC(=O)c1cnc(C2CCOC2)nc1Oc1ccccc1. The number of benzene rings is 1. The van der Waals surface area contributed by atoms with Gasteiger partial charge in [0.25, 0.3) is 5.91 Å². The van der Waals surface area contributed by atoms with Crippen LogP contribution in [0.25, 0.3) is 0 Å². The number of nitrogens with one attached hydrogen (secondary N) is 1. The van der Waals surface area contributed by atoms with Gasteiger partial charge in [0.15, 0.2) is 9.84 Å². The Hall–Kier alpha value is -2.78. The zero-order chi connectivity index (χ0) is 20.9. The molecule has 2 unspecified atom stereocenters. The summed E-state index contributed by atoms with van der Waals surface area (Å²) in [6.07, 6.45) is 4.73. The van der Waals surface area contributed by atoms with Crippen LogP contribution < -0.4 is 10.1 Å². The number of rotatable bonds is 7. The highest BCUT2D eigenvalue weighted by atomic mass is 32.2. The average molecular weight is 417 g/mol. The van der Waals surface area contributed by atoms with Crippen molar-refractivity contribution in [1.29, 1.82) is 0 Å². The molecule has 1 saturated heterocycles. The van der Waals surface area contributed by atoms with E-state index in [9.17, 15) is 13.2 Å². The van der Waals surface area contributed by atoms with E-state index < -0.39 is 21.8 Å². The van der Waals surface area contributed by atoms with Gasteiger partial charge in [0.2, 0.25) is 5.88 Å². The lowest BCUT2D eigenvalue weighted by Crippen LogP contribution is -2.32. The Labute approximate surface area is 169 Å². The molecular weight excluding hydrogens is 394 g/mol. The van der Waals surface area contributed by atoms with E-state index in [1.165, 1.54) is 12.3 Å². The molecule has 1 aromatic carbocycles. The lowest BCUT2D eigenvalue weighted by atomic mass is 10.1. The number of sulfone groups is 1. The Morgan fingerprint density at radius 2 is 2.10 bits per heavy atom. The van der Waals surface area contributed by atoms with Crippen LogP contribution in [0.15, 0.2) is 48.0 Å². The van der Waals surface area contributed by atoms with E-state index in [1.807, 2.05) is 18.2 Å². The van der Waals surface area contributed by atoms with Crippen molar-refractivity contribution in [1.82, 2.24) is 15.3 Å². The van der Waals surface area contributed by atoms with Crippen molar-refractivity contribution >= 4 is 15.7 Å². The number of carbonyl (C=O) groups excluding carboxylic acids is 1. The summed E-state index contributed by atoms with van der Waals surface area (Å²) in [6, 6.07) is 8.52. The third-order valence-electron chi connectivity index (χ3n) is 4.24. The molecule has 9 heteroatoms. The van der Waals surface area contributed by atoms with Gasteiger partial charge in [-0.05, 0) is 25.5 Å². The fourth-order valence-electron chi connectivity index (χ4n) is 2.74. The third kappa shape index (κ3) is 6.10. The second-order valence-electron chi connectivity index (χ2n) is 6.84. The molecule has 2 heterocycles. The molecule has 1 fully saturated rings. The minimum absolute atomic E-state index is 0.0573. The van der Waals surface area contributed by atoms with Crippen molar-refractivity contribution < 1.29 is 22.7 Å². The maximum atomic E-state index is 12.7. The molecule has 1 amide bonds. The number of hydrogen-bond donors (Lipinski definition) is 1. The Morgan fingerprint density at radius 1 is 1.34 bits per heavy atom. The number of ether oxygens (including phenoxy) is 2. The highest BCUT2D eigenvalue weighted by Crippen LogP contribution is 2.27. The fraction of sp³-hybridized carbons (Fsp3) is 0.350. The topological polar surface area (TPSA) is 107 Å². The van der Waals surface area contributed by atoms with E-state index in [1.54, 1.807) is 19.1 Å². The smallest absolute Gasteiger partial charge is 0.258 e. The van der Waals surface area contributed by atoms with Gasteiger partial charge >= 0.3 is 0 Å². The molecule has 1 aliphatic heterocycles. The molecule has 8 nitrogen and oxygen atoms in total. The summed E-state index contributed by atoms with van der Waals surface area (Å²) in [6.45, 7) is 2.85. The van der Waals surface area contributed by atoms with Gasteiger partial charge in [0, 0.05) is 36.4 Å². The molecule has 0 aliphatic carbocycles. The van der Waals surface area contributed by atoms with Crippen LogP contribution in [0.5, 0.6) is 11.6 Å². The molecule has 2 aromatic rings. The predicted octanol–water partition coefficient (Wildman–Crippen LogP) is 2.45. The van der Waals surface area contributed by atoms with Gasteiger partial charge in [-0.15, -0.1) is 0 Å². The first-order valence-corrected chi connectivity index (χ1v) is 11.1. The van der Waals surface area contributed by atoms with Gasteiger partial charge in [-0.1, -0.05) is 24.3 Å². The van der Waals surface area contributed by atoms with Crippen LogP contribution in [0.1, 0.15) is 35.4 Å². The predicted molar refractivity (Wildman–Crippen MR) is 108 cm³/mol. The molecular formula is C20H23N3O5S. The first kappa shape index (κ1) is 20.9. The number of hydrogen-bond acceptors (Lipinski definition) is 7. The minimum atomic E-state index is -3.28. The van der Waals surface area contributed by atoms with E-state index in [2.05, 4.69) is 15.3 Å². The number of amides is 1. The van der Waals surface area contributed by atoms with Gasteiger partial charge in [-0.3, -0.25) is 4.79 Å². The largest absolute Gasteiger partial charge is 0.438 e. The summed E-state index contributed by atoms with van der Waals surface area (Å²) in [7, 11) is -3.28. The second-order valence-corrected chi connectivity index (χ2v) is 8.77. The Bertz CT molecular complexity index is 986. The summed E-state index contributed by atoms with van der Waals surface area (Å²) < 4.78 is 33.8. The number of para-hydroxylation sites is 1. The Kier molecular flexibility index (Phi) is 6.60. The fourth-order valence-corrected chi connectivity index (χ4v) is 3.26. The number of aromatic nitrogens is 2. The van der Waals surface area contributed by atoms with Crippen molar-refractivity contribution in [2.24, 2.45) is 0 Å². The molecule has 0 bridgehead atoms. The molecule has 0 radical (unpaired) electrons. The second kappa shape index (κ2) is 9.15. The highest BCUT2D eigenvalue weighted by molar-refractivity contribution is 7.93. The van der Waals surface area contributed by atoms with Crippen molar-refractivity contribution in [3.63, 3.8) is 0 Å². The van der Waals surface area contributed by atoms with E-state index in [0.717, 1.165) is 18.1 Å². The van der Waals surface area contributed by atoms with Crippen LogP contribution >= 0.6 is 0 Å². The molecule has 1 aliphatic rings. The van der Waals surface area contributed by atoms with Crippen LogP contribution in [0.4, 0.5) is 0 Å². The molecule has 2 atom stereocenters. The Balaban J connectivity index is 1.85.